The molecule has 1 rings (SSSR count). The summed E-state index contributed by atoms with van der Waals surface area (Å²) in [4.78, 5) is 16.0. The van der Waals surface area contributed by atoms with E-state index in [1.54, 1.807) is 20.0 Å². The molecule has 0 aromatic carbocycles. The highest BCUT2D eigenvalue weighted by atomic mass is 32.1. The van der Waals surface area contributed by atoms with Gasteiger partial charge in [-0.3, -0.25) is 4.79 Å². The topological polar surface area (TPSA) is 81.2 Å². The maximum atomic E-state index is 11.8. The first kappa shape index (κ1) is 13.6. The van der Waals surface area contributed by atoms with Gasteiger partial charge in [0.15, 0.2) is 0 Å². The Bertz CT molecular complexity index is 426. The second kappa shape index (κ2) is 5.27. The fraction of sp³-hybridized carbons (Fsp3) is 0.545. The minimum absolute atomic E-state index is 0.164. The molecule has 1 aromatic rings. The highest BCUT2D eigenvalue weighted by Gasteiger charge is 2.30. The van der Waals surface area contributed by atoms with Crippen LogP contribution >= 0.6 is 12.2 Å². The molecule has 1 aromatic heterocycles. The molecule has 0 saturated carbocycles. The molecule has 0 radical (unpaired) electrons. The number of thiocarbonyl (C=S) groups is 1. The molecule has 0 aliphatic carbocycles. The van der Waals surface area contributed by atoms with Crippen molar-refractivity contribution in [3.8, 4) is 0 Å². The molecule has 0 saturated heterocycles. The predicted octanol–water partition coefficient (Wildman–Crippen LogP) is 1.17. The third kappa shape index (κ3) is 3.26. The van der Waals surface area contributed by atoms with Crippen molar-refractivity contribution in [2.75, 3.05) is 0 Å². The Balaban J connectivity index is 2.56. The minimum Gasteiger partial charge on any atom is -0.444 e. The monoisotopic (exact) mass is 255 g/mol. The van der Waals surface area contributed by atoms with E-state index < -0.39 is 5.41 Å². The van der Waals surface area contributed by atoms with Crippen LogP contribution in [0.15, 0.2) is 10.6 Å². The van der Waals surface area contributed by atoms with E-state index in [4.69, 9.17) is 22.4 Å². The van der Waals surface area contributed by atoms with Crippen LogP contribution in [0.5, 0.6) is 0 Å². The van der Waals surface area contributed by atoms with Crippen LogP contribution < -0.4 is 11.1 Å². The Morgan fingerprint density at radius 3 is 2.76 bits per heavy atom. The van der Waals surface area contributed by atoms with Crippen LogP contribution in [0.3, 0.4) is 0 Å². The summed E-state index contributed by atoms with van der Waals surface area (Å²) in [6.07, 6.45) is 2.43. The Labute approximate surface area is 106 Å². The van der Waals surface area contributed by atoms with E-state index in [2.05, 4.69) is 10.3 Å². The van der Waals surface area contributed by atoms with Crippen molar-refractivity contribution in [1.29, 1.82) is 0 Å². The molecule has 0 bridgehead atoms. The molecule has 1 amide bonds. The van der Waals surface area contributed by atoms with Gasteiger partial charge in [-0.2, -0.15) is 0 Å². The molecule has 17 heavy (non-hydrogen) atoms. The first-order valence-corrected chi connectivity index (χ1v) is 5.80. The lowest BCUT2D eigenvalue weighted by atomic mass is 9.92. The highest BCUT2D eigenvalue weighted by molar-refractivity contribution is 7.80. The molecule has 0 aliphatic rings. The van der Waals surface area contributed by atoms with Crippen LogP contribution in [-0.4, -0.2) is 15.9 Å². The first-order valence-electron chi connectivity index (χ1n) is 5.39. The van der Waals surface area contributed by atoms with Crippen molar-refractivity contribution in [2.45, 2.75) is 33.7 Å². The Morgan fingerprint density at radius 1 is 1.65 bits per heavy atom. The molecule has 0 spiro atoms. The van der Waals surface area contributed by atoms with Crippen molar-refractivity contribution < 1.29 is 9.21 Å². The van der Waals surface area contributed by atoms with Gasteiger partial charge in [-0.05, 0) is 13.8 Å². The van der Waals surface area contributed by atoms with E-state index in [1.807, 2.05) is 6.92 Å². The number of rotatable bonds is 5. The lowest BCUT2D eigenvalue weighted by molar-refractivity contribution is -0.126. The zero-order valence-corrected chi connectivity index (χ0v) is 11.1. The Morgan fingerprint density at radius 2 is 2.29 bits per heavy atom. The molecule has 1 heterocycles. The summed E-state index contributed by atoms with van der Waals surface area (Å²) in [6.45, 7) is 5.57. The van der Waals surface area contributed by atoms with Gasteiger partial charge in [-0.25, -0.2) is 4.98 Å². The molecule has 0 fully saturated rings. The second-order valence-electron chi connectivity index (χ2n) is 4.25. The summed E-state index contributed by atoms with van der Waals surface area (Å²) in [7, 11) is 0. The molecular formula is C11H17N3O2S. The quantitative estimate of drug-likeness (QED) is 0.772. The fourth-order valence-corrected chi connectivity index (χ4v) is 1.17. The normalized spacial score (nSPS) is 11.2. The third-order valence-corrected chi connectivity index (χ3v) is 3.04. The van der Waals surface area contributed by atoms with Crippen molar-refractivity contribution in [1.82, 2.24) is 10.3 Å². The largest absolute Gasteiger partial charge is 0.444 e. The average molecular weight is 255 g/mol. The fourth-order valence-electron chi connectivity index (χ4n) is 1.08. The highest BCUT2D eigenvalue weighted by Crippen LogP contribution is 2.15. The molecule has 0 unspecified atom stereocenters. The van der Waals surface area contributed by atoms with Gasteiger partial charge in [-0.15, -0.1) is 0 Å². The van der Waals surface area contributed by atoms with Crippen molar-refractivity contribution in [3.05, 3.63) is 17.8 Å². The van der Waals surface area contributed by atoms with Crippen molar-refractivity contribution in [2.24, 2.45) is 11.1 Å². The van der Waals surface area contributed by atoms with E-state index in [-0.39, 0.29) is 17.4 Å². The van der Waals surface area contributed by atoms with Crippen LogP contribution in [0, 0.1) is 5.41 Å². The van der Waals surface area contributed by atoms with E-state index in [1.165, 1.54) is 0 Å². The molecule has 5 nitrogen and oxygen atoms in total. The van der Waals surface area contributed by atoms with Crippen LogP contribution in [0.25, 0.3) is 0 Å². The van der Waals surface area contributed by atoms with Crippen LogP contribution in [0.2, 0.25) is 0 Å². The van der Waals surface area contributed by atoms with Gasteiger partial charge in [0, 0.05) is 6.42 Å². The summed E-state index contributed by atoms with van der Waals surface area (Å²) < 4.78 is 5.37. The zero-order valence-electron chi connectivity index (χ0n) is 10.2. The number of aryl methyl sites for hydroxylation is 1. The lowest BCUT2D eigenvalue weighted by Crippen LogP contribution is -2.44. The number of nitrogens with zero attached hydrogens (tertiary/aromatic N) is 1. The third-order valence-electron chi connectivity index (χ3n) is 2.53. The van der Waals surface area contributed by atoms with Crippen LogP contribution in [0.1, 0.15) is 32.4 Å². The Hall–Kier alpha value is -1.43. The molecule has 3 N–H and O–H groups in total. The summed E-state index contributed by atoms with van der Waals surface area (Å²) in [5.41, 5.74) is 4.63. The molecule has 0 atom stereocenters. The molecule has 6 heteroatoms. The number of carbonyl (C=O) groups excluding carboxylic acids is 1. The maximum Gasteiger partial charge on any atom is 0.232 e. The first-order chi connectivity index (χ1) is 7.87. The van der Waals surface area contributed by atoms with E-state index >= 15 is 0 Å². The maximum absolute atomic E-state index is 11.8. The van der Waals surface area contributed by atoms with Gasteiger partial charge in [-0.1, -0.05) is 19.1 Å². The number of oxazole rings is 1. The summed E-state index contributed by atoms with van der Waals surface area (Å²) >= 11 is 4.84. The number of hydrogen-bond acceptors (Lipinski definition) is 4. The molecular weight excluding hydrogens is 238 g/mol. The molecule has 0 aliphatic heterocycles. The molecule has 94 valence electrons. The average Bonchev–Trinajstić information content (AvgIpc) is 2.73. The zero-order chi connectivity index (χ0) is 13.1. The SMILES string of the molecule is CCc1cnc(CNC(=O)C(C)(C)C(N)=S)o1. The number of nitrogens with two attached hydrogens (primary N) is 1. The minimum atomic E-state index is -0.866. The van der Waals surface area contributed by atoms with Crippen LogP contribution in [-0.2, 0) is 17.8 Å². The number of nitrogens with one attached hydrogen (secondary N) is 1. The number of carbonyl (C=O) groups is 1. The summed E-state index contributed by atoms with van der Waals surface area (Å²) in [5, 5.41) is 2.70. The van der Waals surface area contributed by atoms with E-state index in [0.717, 1.165) is 12.2 Å². The van der Waals surface area contributed by atoms with Gasteiger partial charge in [0.05, 0.1) is 23.1 Å². The summed E-state index contributed by atoms with van der Waals surface area (Å²) in [6, 6.07) is 0. The van der Waals surface area contributed by atoms with Crippen molar-refractivity contribution >= 4 is 23.1 Å². The number of aromatic nitrogens is 1. The lowest BCUT2D eigenvalue weighted by Gasteiger charge is -2.21. The van der Waals surface area contributed by atoms with Gasteiger partial charge in [0.25, 0.3) is 0 Å². The predicted molar refractivity (Wildman–Crippen MR) is 68.3 cm³/mol. The smallest absolute Gasteiger partial charge is 0.232 e. The van der Waals surface area contributed by atoms with Gasteiger partial charge in [0.1, 0.15) is 5.76 Å². The van der Waals surface area contributed by atoms with Crippen LogP contribution in [0.4, 0.5) is 0 Å². The second-order valence-corrected chi connectivity index (χ2v) is 4.69. The summed E-state index contributed by atoms with van der Waals surface area (Å²) in [5.74, 6) is 1.04. The van der Waals surface area contributed by atoms with E-state index in [0.29, 0.717) is 5.89 Å². The van der Waals surface area contributed by atoms with Crippen molar-refractivity contribution in [3.63, 3.8) is 0 Å². The standard InChI is InChI=1S/C11H17N3O2S/c1-4-7-5-13-8(16-7)6-14-10(15)11(2,3)9(12)17/h5H,4,6H2,1-3H3,(H2,12,17)(H,14,15). The van der Waals surface area contributed by atoms with Gasteiger partial charge >= 0.3 is 0 Å². The Kier molecular flexibility index (Phi) is 4.22. The van der Waals surface area contributed by atoms with Gasteiger partial charge < -0.3 is 15.5 Å². The van der Waals surface area contributed by atoms with Gasteiger partial charge in [0.2, 0.25) is 11.8 Å². The number of hydrogen-bond donors (Lipinski definition) is 2. The van der Waals surface area contributed by atoms with E-state index in [9.17, 15) is 4.79 Å². The number of amides is 1.